The predicted octanol–water partition coefficient (Wildman–Crippen LogP) is 3.80. The molecule has 158 valence electrons. The number of ether oxygens (including phenoxy) is 2. The van der Waals surface area contributed by atoms with Crippen molar-refractivity contribution in [1.82, 2.24) is 5.32 Å². The molecule has 3 rings (SSSR count). The van der Waals surface area contributed by atoms with Crippen LogP contribution >= 0.6 is 12.4 Å². The number of halogens is 1. The fraction of sp³-hybridized carbons (Fsp3) is 0.435. The van der Waals surface area contributed by atoms with E-state index in [2.05, 4.69) is 17.4 Å². The van der Waals surface area contributed by atoms with Crippen molar-refractivity contribution in [3.8, 4) is 16.9 Å². The number of hydrogen-bond donors (Lipinski definition) is 2. The maximum atomic E-state index is 12.7. The Morgan fingerprint density at radius 2 is 1.79 bits per heavy atom. The summed E-state index contributed by atoms with van der Waals surface area (Å²) >= 11 is 0. The lowest BCUT2D eigenvalue weighted by Gasteiger charge is -2.57. The van der Waals surface area contributed by atoms with Gasteiger partial charge in [-0.1, -0.05) is 62.4 Å². The van der Waals surface area contributed by atoms with E-state index in [0.29, 0.717) is 26.2 Å². The van der Waals surface area contributed by atoms with Gasteiger partial charge in [0.05, 0.1) is 12.6 Å². The van der Waals surface area contributed by atoms with Gasteiger partial charge in [-0.15, -0.1) is 12.4 Å². The molecule has 0 saturated heterocycles. The van der Waals surface area contributed by atoms with Crippen LogP contribution in [0.2, 0.25) is 0 Å². The Kier molecular flexibility index (Phi) is 7.69. The molecule has 2 atom stereocenters. The minimum absolute atomic E-state index is 0. The van der Waals surface area contributed by atoms with Crippen molar-refractivity contribution in [2.24, 2.45) is 11.1 Å². The molecule has 29 heavy (non-hydrogen) atoms. The van der Waals surface area contributed by atoms with E-state index in [1.807, 2.05) is 63.2 Å². The molecule has 5 nitrogen and oxygen atoms in total. The smallest absolute Gasteiger partial charge is 0.240 e. The van der Waals surface area contributed by atoms with Crippen LogP contribution in [0.3, 0.4) is 0 Å². The molecule has 2 aromatic rings. The third-order valence-electron chi connectivity index (χ3n) is 5.85. The zero-order chi connectivity index (χ0) is 20.2. The summed E-state index contributed by atoms with van der Waals surface area (Å²) in [7, 11) is 0. The number of nitrogens with two attached hydrogens (primary N) is 1. The summed E-state index contributed by atoms with van der Waals surface area (Å²) in [5.41, 5.74) is 7.23. The first kappa shape index (κ1) is 23.2. The lowest BCUT2D eigenvalue weighted by atomic mass is 9.54. The molecular weight excluding hydrogens is 388 g/mol. The highest BCUT2D eigenvalue weighted by molar-refractivity contribution is 5.88. The fourth-order valence-electron chi connectivity index (χ4n) is 3.75. The van der Waals surface area contributed by atoms with Gasteiger partial charge in [-0.2, -0.15) is 0 Å². The molecule has 1 fully saturated rings. The molecule has 0 radical (unpaired) electrons. The van der Waals surface area contributed by atoms with E-state index in [1.54, 1.807) is 0 Å². The number of para-hydroxylation sites is 1. The lowest BCUT2D eigenvalue weighted by molar-refractivity contribution is -0.170. The molecule has 3 N–H and O–H groups in total. The molecule has 2 aromatic carbocycles. The molecule has 0 heterocycles. The number of amides is 1. The molecule has 1 aliphatic rings. The molecule has 0 aromatic heterocycles. The fourth-order valence-corrected chi connectivity index (χ4v) is 3.75. The van der Waals surface area contributed by atoms with Crippen molar-refractivity contribution in [1.29, 1.82) is 0 Å². The van der Waals surface area contributed by atoms with Gasteiger partial charge >= 0.3 is 0 Å². The minimum atomic E-state index is -0.908. The molecule has 0 aliphatic heterocycles. The molecule has 0 bridgehead atoms. The highest BCUT2D eigenvalue weighted by Gasteiger charge is 2.62. The van der Waals surface area contributed by atoms with E-state index in [0.717, 1.165) is 16.9 Å². The van der Waals surface area contributed by atoms with Crippen LogP contribution in [-0.4, -0.2) is 37.3 Å². The average molecular weight is 419 g/mol. The summed E-state index contributed by atoms with van der Waals surface area (Å²) < 4.78 is 11.6. The minimum Gasteiger partial charge on any atom is -0.491 e. The van der Waals surface area contributed by atoms with Crippen LogP contribution in [-0.2, 0) is 9.53 Å². The van der Waals surface area contributed by atoms with Gasteiger partial charge in [-0.3, -0.25) is 4.79 Å². The van der Waals surface area contributed by atoms with E-state index in [-0.39, 0.29) is 24.4 Å². The third-order valence-corrected chi connectivity index (χ3v) is 5.85. The second-order valence-corrected chi connectivity index (χ2v) is 7.81. The Hall–Kier alpha value is -2.08. The van der Waals surface area contributed by atoms with E-state index in [1.165, 1.54) is 0 Å². The zero-order valence-electron chi connectivity index (χ0n) is 17.3. The summed E-state index contributed by atoms with van der Waals surface area (Å²) in [4.78, 5) is 12.7. The zero-order valence-corrected chi connectivity index (χ0v) is 18.1. The topological polar surface area (TPSA) is 73.6 Å². The maximum absolute atomic E-state index is 12.7. The van der Waals surface area contributed by atoms with E-state index in [9.17, 15) is 4.79 Å². The lowest BCUT2D eigenvalue weighted by Crippen LogP contribution is -2.75. The van der Waals surface area contributed by atoms with Gasteiger partial charge in [0.15, 0.2) is 0 Å². The standard InChI is InChI=1S/C23H30N2O3.ClH/c1-4-27-20-16-23(24,22(20,2)3)21(26)25-14-15-28-19-13-9-8-12-18(19)17-10-6-5-7-11-17;/h5-13,20H,4,14-16,24H2,1-3H3,(H,25,26);1H. The summed E-state index contributed by atoms with van der Waals surface area (Å²) in [6.07, 6.45) is 0.555. The van der Waals surface area contributed by atoms with Crippen LogP contribution in [0.4, 0.5) is 0 Å². The van der Waals surface area contributed by atoms with Crippen molar-refractivity contribution >= 4 is 18.3 Å². The van der Waals surface area contributed by atoms with Crippen LogP contribution in [0.5, 0.6) is 5.75 Å². The SMILES string of the molecule is CCOC1CC(N)(C(=O)NCCOc2ccccc2-c2ccccc2)C1(C)C.Cl. The number of hydrogen-bond acceptors (Lipinski definition) is 4. The molecule has 1 amide bonds. The Labute approximate surface area is 179 Å². The normalized spacial score (nSPS) is 22.1. The van der Waals surface area contributed by atoms with Gasteiger partial charge in [0, 0.05) is 24.0 Å². The van der Waals surface area contributed by atoms with Gasteiger partial charge in [0.25, 0.3) is 0 Å². The Balaban J connectivity index is 0.00000300. The molecular formula is C23H31ClN2O3. The summed E-state index contributed by atoms with van der Waals surface area (Å²) in [6, 6.07) is 18.0. The third kappa shape index (κ3) is 4.58. The van der Waals surface area contributed by atoms with E-state index < -0.39 is 11.0 Å². The first-order valence-electron chi connectivity index (χ1n) is 9.86. The van der Waals surface area contributed by atoms with Gasteiger partial charge in [-0.05, 0) is 18.6 Å². The van der Waals surface area contributed by atoms with Crippen LogP contribution in [0.1, 0.15) is 27.2 Å². The molecule has 2 unspecified atom stereocenters. The molecule has 0 spiro atoms. The number of carbonyl (C=O) groups excluding carboxylic acids is 1. The van der Waals surface area contributed by atoms with Crippen LogP contribution < -0.4 is 15.8 Å². The monoisotopic (exact) mass is 418 g/mol. The Morgan fingerprint density at radius 3 is 2.45 bits per heavy atom. The van der Waals surface area contributed by atoms with Crippen molar-refractivity contribution in [2.75, 3.05) is 19.8 Å². The van der Waals surface area contributed by atoms with Crippen LogP contribution in [0, 0.1) is 5.41 Å². The number of nitrogens with one attached hydrogen (secondary N) is 1. The second kappa shape index (κ2) is 9.61. The van der Waals surface area contributed by atoms with Gasteiger partial charge in [0.1, 0.15) is 17.9 Å². The van der Waals surface area contributed by atoms with Crippen LogP contribution in [0.15, 0.2) is 54.6 Å². The van der Waals surface area contributed by atoms with E-state index >= 15 is 0 Å². The molecule has 1 aliphatic carbocycles. The molecule has 6 heteroatoms. The van der Waals surface area contributed by atoms with Gasteiger partial charge < -0.3 is 20.5 Å². The van der Waals surface area contributed by atoms with Crippen molar-refractivity contribution in [3.05, 3.63) is 54.6 Å². The molecule has 1 saturated carbocycles. The first-order chi connectivity index (χ1) is 13.4. The number of rotatable bonds is 8. The largest absolute Gasteiger partial charge is 0.491 e. The van der Waals surface area contributed by atoms with Gasteiger partial charge in [-0.25, -0.2) is 0 Å². The quantitative estimate of drug-likeness (QED) is 0.639. The number of carbonyl (C=O) groups is 1. The second-order valence-electron chi connectivity index (χ2n) is 7.81. The number of benzene rings is 2. The average Bonchev–Trinajstić information content (AvgIpc) is 2.71. The van der Waals surface area contributed by atoms with Crippen molar-refractivity contribution in [3.63, 3.8) is 0 Å². The van der Waals surface area contributed by atoms with E-state index in [4.69, 9.17) is 15.2 Å². The summed E-state index contributed by atoms with van der Waals surface area (Å²) in [6.45, 7) is 7.33. The summed E-state index contributed by atoms with van der Waals surface area (Å²) in [5.74, 6) is 0.652. The Morgan fingerprint density at radius 1 is 1.14 bits per heavy atom. The van der Waals surface area contributed by atoms with Crippen LogP contribution in [0.25, 0.3) is 11.1 Å². The first-order valence-corrected chi connectivity index (χ1v) is 9.86. The highest BCUT2D eigenvalue weighted by atomic mass is 35.5. The maximum Gasteiger partial charge on any atom is 0.240 e. The van der Waals surface area contributed by atoms with Gasteiger partial charge in [0.2, 0.25) is 5.91 Å². The van der Waals surface area contributed by atoms with Crippen molar-refractivity contribution < 1.29 is 14.3 Å². The summed E-state index contributed by atoms with van der Waals surface area (Å²) in [5, 5.41) is 2.93. The Bertz CT molecular complexity index is 813. The highest BCUT2D eigenvalue weighted by Crippen LogP contribution is 2.49. The predicted molar refractivity (Wildman–Crippen MR) is 118 cm³/mol. The van der Waals surface area contributed by atoms with Crippen molar-refractivity contribution in [2.45, 2.75) is 38.8 Å².